The highest BCUT2D eigenvalue weighted by Crippen LogP contribution is 2.36. The van der Waals surface area contributed by atoms with Gasteiger partial charge in [-0.15, -0.1) is 11.3 Å². The molecular formula is C20H21N5O2S. The van der Waals surface area contributed by atoms with E-state index in [0.717, 1.165) is 16.0 Å². The molecule has 28 heavy (non-hydrogen) atoms. The minimum atomic E-state index is -0.310. The lowest BCUT2D eigenvalue weighted by atomic mass is 10.0. The first-order valence-corrected chi connectivity index (χ1v) is 9.85. The normalized spacial score (nSPS) is 13.2. The Labute approximate surface area is 167 Å². The predicted molar refractivity (Wildman–Crippen MR) is 108 cm³/mol. The van der Waals surface area contributed by atoms with Gasteiger partial charge in [-0.2, -0.15) is 5.26 Å². The maximum absolute atomic E-state index is 12.3. The Morgan fingerprint density at radius 1 is 1.46 bits per heavy atom. The summed E-state index contributed by atoms with van der Waals surface area (Å²) in [5, 5.41) is 12.9. The van der Waals surface area contributed by atoms with E-state index in [1.54, 1.807) is 29.4 Å². The van der Waals surface area contributed by atoms with E-state index >= 15 is 0 Å². The van der Waals surface area contributed by atoms with Crippen molar-refractivity contribution < 1.29 is 9.59 Å². The van der Waals surface area contributed by atoms with E-state index < -0.39 is 0 Å². The number of pyridine rings is 1. The summed E-state index contributed by atoms with van der Waals surface area (Å²) in [5.74, 6) is -0.233. The molecule has 7 nitrogen and oxygen atoms in total. The second-order valence-electron chi connectivity index (χ2n) is 6.39. The van der Waals surface area contributed by atoms with Crippen molar-refractivity contribution in [1.82, 2.24) is 9.88 Å². The number of amides is 2. The summed E-state index contributed by atoms with van der Waals surface area (Å²) in [5.41, 5.74) is 7.72. The standard InChI is InChI=1S/C20H21N5O2S/c21-8-1-4-19(27)25-10-7-15-16(11-22)20(28-17(15)13-25)24-18(26)6-5-14-3-2-9-23-12-14/h2-3,5-6,9,12H,1,4,7-8,10,13,21H2,(H,24,26)/b6-5+. The number of hydrogen-bond acceptors (Lipinski definition) is 6. The van der Waals surface area contributed by atoms with Crippen LogP contribution in [-0.2, 0) is 22.6 Å². The quantitative estimate of drug-likeness (QED) is 0.729. The summed E-state index contributed by atoms with van der Waals surface area (Å²) in [6.45, 7) is 1.54. The fourth-order valence-corrected chi connectivity index (χ4v) is 4.25. The van der Waals surface area contributed by atoms with Gasteiger partial charge in [0.05, 0.1) is 12.1 Å². The van der Waals surface area contributed by atoms with Gasteiger partial charge in [0.1, 0.15) is 11.1 Å². The SMILES string of the molecule is N#Cc1c(NC(=O)/C=C/c2cccnc2)sc2c1CCN(C(=O)CCCN)C2. The van der Waals surface area contributed by atoms with Crippen LogP contribution in [0.4, 0.5) is 5.00 Å². The Hall–Kier alpha value is -3.02. The van der Waals surface area contributed by atoms with E-state index in [-0.39, 0.29) is 11.8 Å². The number of carbonyl (C=O) groups is 2. The summed E-state index contributed by atoms with van der Waals surface area (Å²) in [4.78, 5) is 31.3. The first-order chi connectivity index (χ1) is 13.6. The highest BCUT2D eigenvalue weighted by atomic mass is 32.1. The Bertz CT molecular complexity index is 930. The first-order valence-electron chi connectivity index (χ1n) is 9.04. The molecule has 3 rings (SSSR count). The van der Waals surface area contributed by atoms with Gasteiger partial charge in [-0.3, -0.25) is 14.6 Å². The number of thiophene rings is 1. The van der Waals surface area contributed by atoms with Gasteiger partial charge in [-0.25, -0.2) is 0 Å². The van der Waals surface area contributed by atoms with Crippen molar-refractivity contribution >= 4 is 34.2 Å². The van der Waals surface area contributed by atoms with Crippen LogP contribution in [0.5, 0.6) is 0 Å². The number of fused-ring (bicyclic) bond motifs is 1. The minimum absolute atomic E-state index is 0.0768. The van der Waals surface area contributed by atoms with Crippen LogP contribution in [0, 0.1) is 11.3 Å². The van der Waals surface area contributed by atoms with Crippen LogP contribution < -0.4 is 11.1 Å². The van der Waals surface area contributed by atoms with Gasteiger partial charge in [0.15, 0.2) is 0 Å². The average molecular weight is 395 g/mol. The molecule has 0 atom stereocenters. The molecule has 2 aromatic rings. The summed E-state index contributed by atoms with van der Waals surface area (Å²) in [6, 6.07) is 5.84. The molecule has 1 aliphatic rings. The lowest BCUT2D eigenvalue weighted by Crippen LogP contribution is -2.35. The van der Waals surface area contributed by atoms with E-state index in [4.69, 9.17) is 5.73 Å². The highest BCUT2D eigenvalue weighted by Gasteiger charge is 2.27. The van der Waals surface area contributed by atoms with Crippen LogP contribution in [0.15, 0.2) is 30.6 Å². The Balaban J connectivity index is 1.71. The van der Waals surface area contributed by atoms with Gasteiger partial charge in [-0.1, -0.05) is 6.07 Å². The topological polar surface area (TPSA) is 112 Å². The maximum Gasteiger partial charge on any atom is 0.249 e. The van der Waals surface area contributed by atoms with Gasteiger partial charge < -0.3 is 16.0 Å². The van der Waals surface area contributed by atoms with E-state index in [0.29, 0.717) is 49.5 Å². The zero-order chi connectivity index (χ0) is 19.9. The average Bonchev–Trinajstić information content (AvgIpc) is 3.07. The zero-order valence-corrected chi connectivity index (χ0v) is 16.2. The number of nitrogens with two attached hydrogens (primary N) is 1. The molecule has 0 unspecified atom stereocenters. The lowest BCUT2D eigenvalue weighted by molar-refractivity contribution is -0.132. The van der Waals surface area contributed by atoms with Crippen molar-refractivity contribution in [3.8, 4) is 6.07 Å². The van der Waals surface area contributed by atoms with Crippen molar-refractivity contribution in [2.24, 2.45) is 5.73 Å². The second-order valence-corrected chi connectivity index (χ2v) is 7.49. The third-order valence-electron chi connectivity index (χ3n) is 4.46. The van der Waals surface area contributed by atoms with Crippen molar-refractivity contribution in [2.45, 2.75) is 25.8 Å². The maximum atomic E-state index is 12.3. The van der Waals surface area contributed by atoms with Crippen molar-refractivity contribution in [3.63, 3.8) is 0 Å². The molecule has 8 heteroatoms. The molecule has 0 saturated carbocycles. The van der Waals surface area contributed by atoms with E-state index in [9.17, 15) is 14.9 Å². The predicted octanol–water partition coefficient (Wildman–Crippen LogP) is 2.29. The van der Waals surface area contributed by atoms with Crippen LogP contribution >= 0.6 is 11.3 Å². The fraction of sp³-hybridized carbons (Fsp3) is 0.300. The fourth-order valence-electron chi connectivity index (χ4n) is 3.03. The summed E-state index contributed by atoms with van der Waals surface area (Å²) in [7, 11) is 0. The third kappa shape index (κ3) is 4.63. The molecule has 0 aliphatic carbocycles. The number of carbonyl (C=O) groups excluding carboxylic acids is 2. The van der Waals surface area contributed by atoms with Gasteiger partial charge >= 0.3 is 0 Å². The molecule has 1 aliphatic heterocycles. The molecule has 0 aromatic carbocycles. The van der Waals surface area contributed by atoms with E-state index in [1.165, 1.54) is 17.4 Å². The number of rotatable bonds is 6. The van der Waals surface area contributed by atoms with Gasteiger partial charge in [0.2, 0.25) is 11.8 Å². The van der Waals surface area contributed by atoms with Crippen LogP contribution in [0.3, 0.4) is 0 Å². The van der Waals surface area contributed by atoms with Crippen molar-refractivity contribution in [2.75, 3.05) is 18.4 Å². The summed E-state index contributed by atoms with van der Waals surface area (Å²) in [6.07, 6.45) is 8.12. The summed E-state index contributed by atoms with van der Waals surface area (Å²) < 4.78 is 0. The molecule has 144 valence electrons. The molecule has 0 saturated heterocycles. The van der Waals surface area contributed by atoms with Gasteiger partial charge in [0, 0.05) is 36.3 Å². The summed E-state index contributed by atoms with van der Waals surface area (Å²) >= 11 is 1.36. The molecule has 0 spiro atoms. The molecule has 3 heterocycles. The number of nitrogens with zero attached hydrogens (tertiary/aromatic N) is 3. The third-order valence-corrected chi connectivity index (χ3v) is 5.60. The number of nitrogens with one attached hydrogen (secondary N) is 1. The number of anilines is 1. The molecular weight excluding hydrogens is 374 g/mol. The van der Waals surface area contributed by atoms with E-state index in [2.05, 4.69) is 16.4 Å². The Morgan fingerprint density at radius 2 is 2.32 bits per heavy atom. The molecule has 3 N–H and O–H groups in total. The number of hydrogen-bond donors (Lipinski definition) is 2. The van der Waals surface area contributed by atoms with E-state index in [1.807, 2.05) is 6.07 Å². The van der Waals surface area contributed by atoms with Crippen LogP contribution in [-0.4, -0.2) is 34.8 Å². The largest absolute Gasteiger partial charge is 0.337 e. The van der Waals surface area contributed by atoms with Crippen LogP contribution in [0.1, 0.15) is 34.4 Å². The molecule has 0 fully saturated rings. The van der Waals surface area contributed by atoms with Crippen molar-refractivity contribution in [1.29, 1.82) is 5.26 Å². The number of aromatic nitrogens is 1. The van der Waals surface area contributed by atoms with Gasteiger partial charge in [0.25, 0.3) is 0 Å². The lowest BCUT2D eigenvalue weighted by Gasteiger charge is -2.27. The number of nitriles is 1. The van der Waals surface area contributed by atoms with Crippen LogP contribution in [0.2, 0.25) is 0 Å². The van der Waals surface area contributed by atoms with Crippen molar-refractivity contribution in [3.05, 3.63) is 52.2 Å². The van der Waals surface area contributed by atoms with Crippen LogP contribution in [0.25, 0.3) is 6.08 Å². The second kappa shape index (κ2) is 9.26. The highest BCUT2D eigenvalue weighted by molar-refractivity contribution is 7.16. The Morgan fingerprint density at radius 3 is 3.04 bits per heavy atom. The monoisotopic (exact) mass is 395 g/mol. The molecule has 0 radical (unpaired) electrons. The minimum Gasteiger partial charge on any atom is -0.337 e. The smallest absolute Gasteiger partial charge is 0.249 e. The van der Waals surface area contributed by atoms with Gasteiger partial charge in [-0.05, 0) is 42.7 Å². The Kier molecular flexibility index (Phi) is 6.53. The molecule has 2 aromatic heterocycles. The molecule has 2 amide bonds. The first kappa shape index (κ1) is 19.7. The molecule has 0 bridgehead atoms. The zero-order valence-electron chi connectivity index (χ0n) is 15.4.